The van der Waals surface area contributed by atoms with E-state index in [-0.39, 0.29) is 23.7 Å². The molecule has 2 heterocycles. The monoisotopic (exact) mass is 427 g/mol. The number of benzene rings is 3. The van der Waals surface area contributed by atoms with Crippen molar-refractivity contribution in [3.63, 3.8) is 0 Å². The van der Waals surface area contributed by atoms with Gasteiger partial charge in [-0.3, -0.25) is 4.79 Å². The molecule has 3 aromatic rings. The zero-order chi connectivity index (χ0) is 22.1. The second-order valence-electron chi connectivity index (χ2n) is 8.90. The maximum absolute atomic E-state index is 13.2. The lowest BCUT2D eigenvalue weighted by Crippen LogP contribution is -2.49. The summed E-state index contributed by atoms with van der Waals surface area (Å²) in [6, 6.07) is 20.3. The molecule has 3 aromatic carbocycles. The molecule has 0 saturated heterocycles. The van der Waals surface area contributed by atoms with Crippen molar-refractivity contribution in [3.05, 3.63) is 94.0 Å². The molecule has 0 saturated carbocycles. The minimum Gasteiger partial charge on any atom is -0.508 e. The lowest BCUT2D eigenvalue weighted by Gasteiger charge is -2.31. The number of phenols is 1. The van der Waals surface area contributed by atoms with E-state index < -0.39 is 0 Å². The summed E-state index contributed by atoms with van der Waals surface area (Å²) in [6.07, 6.45) is 2.38. The second kappa shape index (κ2) is 8.67. The summed E-state index contributed by atoms with van der Waals surface area (Å²) >= 11 is 0. The van der Waals surface area contributed by atoms with Gasteiger partial charge in [-0.1, -0.05) is 42.5 Å². The van der Waals surface area contributed by atoms with Crippen LogP contribution in [0.2, 0.25) is 0 Å². The summed E-state index contributed by atoms with van der Waals surface area (Å²) < 4.78 is 0. The quantitative estimate of drug-likeness (QED) is 0.508. The number of fused-ring (bicyclic) bond motifs is 2. The van der Waals surface area contributed by atoms with E-state index in [1.165, 1.54) is 11.1 Å². The molecular weight excluding hydrogens is 398 g/mol. The van der Waals surface area contributed by atoms with Crippen LogP contribution in [0.1, 0.15) is 45.8 Å². The largest absolute Gasteiger partial charge is 0.508 e. The van der Waals surface area contributed by atoms with Crippen molar-refractivity contribution in [2.24, 2.45) is 0 Å². The number of amides is 1. The average Bonchev–Trinajstić information content (AvgIpc) is 2.80. The van der Waals surface area contributed by atoms with E-state index >= 15 is 0 Å². The standard InChI is InChI=1S/C27H29N3O2/c1-17-11-21(31)14-20-16-29-26(15-22(17)20)27(32)30-25-9-10-28-24-8-7-19(13-23(24)25)12-18-5-3-2-4-6-18/h2-8,11,13-14,25-26,28-29,31H,9-10,12,15-16H2,1H3,(H,30,32)/t25-,26+/m1/s1. The first kappa shape index (κ1) is 20.6. The van der Waals surface area contributed by atoms with Gasteiger partial charge in [0.2, 0.25) is 5.91 Å². The molecule has 4 N–H and O–H groups in total. The minimum absolute atomic E-state index is 0.00131. The summed E-state index contributed by atoms with van der Waals surface area (Å²) in [4.78, 5) is 13.2. The van der Waals surface area contributed by atoms with Crippen LogP contribution < -0.4 is 16.0 Å². The van der Waals surface area contributed by atoms with Gasteiger partial charge in [0.1, 0.15) is 5.75 Å². The fraction of sp³-hybridized carbons (Fsp3) is 0.296. The van der Waals surface area contributed by atoms with Gasteiger partial charge in [0.25, 0.3) is 0 Å². The number of hydrogen-bond acceptors (Lipinski definition) is 4. The number of phenolic OH excluding ortho intramolecular Hbond substituents is 1. The highest BCUT2D eigenvalue weighted by molar-refractivity contribution is 5.83. The van der Waals surface area contributed by atoms with Crippen LogP contribution in [-0.2, 0) is 24.2 Å². The molecule has 5 heteroatoms. The molecular formula is C27H29N3O2. The van der Waals surface area contributed by atoms with Crippen molar-refractivity contribution in [1.29, 1.82) is 0 Å². The first-order chi connectivity index (χ1) is 15.6. The third-order valence-electron chi connectivity index (χ3n) is 6.62. The summed E-state index contributed by atoms with van der Waals surface area (Å²) in [5.74, 6) is 0.318. The molecule has 0 aliphatic carbocycles. The average molecular weight is 428 g/mol. The van der Waals surface area contributed by atoms with Gasteiger partial charge in [0, 0.05) is 18.8 Å². The first-order valence-electron chi connectivity index (χ1n) is 11.3. The summed E-state index contributed by atoms with van der Waals surface area (Å²) in [6.45, 7) is 3.43. The van der Waals surface area contributed by atoms with E-state index in [0.29, 0.717) is 13.0 Å². The molecule has 5 rings (SSSR count). The van der Waals surface area contributed by atoms with E-state index in [2.05, 4.69) is 58.4 Å². The number of rotatable bonds is 4. The van der Waals surface area contributed by atoms with E-state index in [4.69, 9.17) is 0 Å². The van der Waals surface area contributed by atoms with E-state index in [1.54, 1.807) is 12.1 Å². The molecule has 1 amide bonds. The lowest BCUT2D eigenvalue weighted by molar-refractivity contribution is -0.124. The molecule has 0 spiro atoms. The number of aromatic hydroxyl groups is 1. The van der Waals surface area contributed by atoms with Gasteiger partial charge >= 0.3 is 0 Å². The van der Waals surface area contributed by atoms with Crippen molar-refractivity contribution in [3.8, 4) is 5.75 Å². The van der Waals surface area contributed by atoms with Crippen molar-refractivity contribution in [2.45, 2.75) is 44.8 Å². The minimum atomic E-state index is -0.267. The Kier molecular flexibility index (Phi) is 5.58. The van der Waals surface area contributed by atoms with E-state index in [1.807, 2.05) is 13.0 Å². The normalized spacial score (nSPS) is 19.4. The predicted octanol–water partition coefficient (Wildman–Crippen LogP) is 3.98. The summed E-state index contributed by atoms with van der Waals surface area (Å²) in [7, 11) is 0. The zero-order valence-electron chi connectivity index (χ0n) is 18.3. The molecule has 5 nitrogen and oxygen atoms in total. The van der Waals surface area contributed by atoms with Gasteiger partial charge in [-0.2, -0.15) is 0 Å². The number of nitrogens with one attached hydrogen (secondary N) is 3. The van der Waals surface area contributed by atoms with Gasteiger partial charge in [0.15, 0.2) is 0 Å². The van der Waals surface area contributed by atoms with Crippen LogP contribution in [0.5, 0.6) is 5.75 Å². The smallest absolute Gasteiger partial charge is 0.237 e. The number of aryl methyl sites for hydroxylation is 1. The van der Waals surface area contributed by atoms with Crippen LogP contribution in [0, 0.1) is 6.92 Å². The molecule has 0 radical (unpaired) electrons. The Labute approximate surface area is 188 Å². The molecule has 2 aliphatic heterocycles. The van der Waals surface area contributed by atoms with E-state index in [9.17, 15) is 9.90 Å². The van der Waals surface area contributed by atoms with Crippen molar-refractivity contribution in [1.82, 2.24) is 10.6 Å². The van der Waals surface area contributed by atoms with Crippen LogP contribution in [0.4, 0.5) is 5.69 Å². The first-order valence-corrected chi connectivity index (χ1v) is 11.3. The van der Waals surface area contributed by atoms with Crippen molar-refractivity contribution in [2.75, 3.05) is 11.9 Å². The molecule has 164 valence electrons. The van der Waals surface area contributed by atoms with Crippen LogP contribution in [0.15, 0.2) is 60.7 Å². The fourth-order valence-electron chi connectivity index (χ4n) is 4.95. The van der Waals surface area contributed by atoms with E-state index in [0.717, 1.165) is 47.3 Å². The lowest BCUT2D eigenvalue weighted by atomic mass is 9.90. The summed E-state index contributed by atoms with van der Waals surface area (Å²) in [5, 5.41) is 20.0. The number of carbonyl (C=O) groups is 1. The Morgan fingerprint density at radius 2 is 1.94 bits per heavy atom. The molecule has 0 aromatic heterocycles. The Bertz CT molecular complexity index is 1140. The highest BCUT2D eigenvalue weighted by Gasteiger charge is 2.29. The molecule has 0 unspecified atom stereocenters. The molecule has 32 heavy (non-hydrogen) atoms. The Morgan fingerprint density at radius 1 is 1.09 bits per heavy atom. The highest BCUT2D eigenvalue weighted by atomic mass is 16.3. The molecule has 0 fully saturated rings. The van der Waals surface area contributed by atoms with Gasteiger partial charge in [0.05, 0.1) is 12.1 Å². The maximum Gasteiger partial charge on any atom is 0.237 e. The Balaban J connectivity index is 1.32. The fourth-order valence-corrected chi connectivity index (χ4v) is 4.95. The SMILES string of the molecule is Cc1cc(O)cc2c1C[C@@H](C(=O)N[C@@H]1CCNc3ccc(Cc4ccccc4)cc31)NC2. The number of anilines is 1. The topological polar surface area (TPSA) is 73.4 Å². The molecule has 2 atom stereocenters. The third kappa shape index (κ3) is 4.21. The van der Waals surface area contributed by atoms with Gasteiger partial charge < -0.3 is 21.1 Å². The van der Waals surface area contributed by atoms with Crippen molar-refractivity contribution >= 4 is 11.6 Å². The molecule has 0 bridgehead atoms. The van der Waals surface area contributed by atoms with Crippen LogP contribution in [0.3, 0.4) is 0 Å². The maximum atomic E-state index is 13.2. The van der Waals surface area contributed by atoms with Crippen molar-refractivity contribution < 1.29 is 9.90 Å². The Morgan fingerprint density at radius 3 is 2.78 bits per heavy atom. The van der Waals surface area contributed by atoms with Crippen LogP contribution in [-0.4, -0.2) is 23.6 Å². The van der Waals surface area contributed by atoms with Gasteiger partial charge in [-0.15, -0.1) is 0 Å². The number of hydrogen-bond donors (Lipinski definition) is 4. The zero-order valence-corrected chi connectivity index (χ0v) is 18.3. The van der Waals surface area contributed by atoms with Crippen LogP contribution in [0.25, 0.3) is 0 Å². The molecule has 2 aliphatic rings. The van der Waals surface area contributed by atoms with Crippen LogP contribution >= 0.6 is 0 Å². The predicted molar refractivity (Wildman–Crippen MR) is 127 cm³/mol. The number of carbonyl (C=O) groups excluding carboxylic acids is 1. The highest BCUT2D eigenvalue weighted by Crippen LogP contribution is 2.32. The summed E-state index contributed by atoms with van der Waals surface area (Å²) in [5.41, 5.74) is 8.07. The third-order valence-corrected chi connectivity index (χ3v) is 6.62. The second-order valence-corrected chi connectivity index (χ2v) is 8.90. The van der Waals surface area contributed by atoms with Gasteiger partial charge in [-0.25, -0.2) is 0 Å². The Hall–Kier alpha value is -3.31. The van der Waals surface area contributed by atoms with Gasteiger partial charge in [-0.05, 0) is 77.8 Å².